The molecule has 282 valence electrons. The van der Waals surface area contributed by atoms with Crippen molar-refractivity contribution in [2.24, 2.45) is 23.7 Å². The summed E-state index contributed by atoms with van der Waals surface area (Å²) in [5, 5.41) is -0.0129. The van der Waals surface area contributed by atoms with E-state index in [4.69, 9.17) is 25.8 Å². The monoisotopic (exact) mass is 751 g/mol. The zero-order valence-electron chi connectivity index (χ0n) is 30.7. The first-order chi connectivity index (χ1) is 25.0. The number of nitrogens with one attached hydrogen (secondary N) is 1. The zero-order chi connectivity index (χ0) is 36.1. The van der Waals surface area contributed by atoms with E-state index in [9.17, 15) is 13.2 Å². The number of benzene rings is 2. The summed E-state index contributed by atoms with van der Waals surface area (Å²) in [6.07, 6.45) is 12.4. The molecule has 2 spiro atoms. The number of fused-ring (bicyclic) bond motifs is 5. The smallest absolute Gasteiger partial charge is 0.264 e. The van der Waals surface area contributed by atoms with Crippen LogP contribution in [0.15, 0.2) is 48.6 Å². The Hall–Kier alpha value is -2.63. The van der Waals surface area contributed by atoms with Gasteiger partial charge in [0, 0.05) is 61.9 Å². The van der Waals surface area contributed by atoms with Crippen LogP contribution in [-0.2, 0) is 31.3 Å². The van der Waals surface area contributed by atoms with Gasteiger partial charge in [-0.2, -0.15) is 0 Å². The van der Waals surface area contributed by atoms with Crippen molar-refractivity contribution in [1.82, 2.24) is 9.62 Å². The van der Waals surface area contributed by atoms with E-state index in [1.54, 1.807) is 13.0 Å². The van der Waals surface area contributed by atoms with Gasteiger partial charge in [0.1, 0.15) is 11.4 Å². The van der Waals surface area contributed by atoms with Gasteiger partial charge in [-0.05, 0) is 123 Å². The van der Waals surface area contributed by atoms with Crippen LogP contribution in [0.5, 0.6) is 5.75 Å². The molecule has 1 saturated carbocycles. The number of sulfonamides is 1. The Kier molecular flexibility index (Phi) is 10.2. The number of nitrogens with zero attached hydrogens (tertiary/aromatic N) is 2. The van der Waals surface area contributed by atoms with Crippen LogP contribution in [0.1, 0.15) is 80.3 Å². The molecule has 2 bridgehead atoms. The number of halogens is 1. The van der Waals surface area contributed by atoms with Crippen LogP contribution >= 0.6 is 11.6 Å². The number of carbonyl (C=O) groups excluding carboxylic acids is 1. The lowest BCUT2D eigenvalue weighted by atomic mass is 9.63. The third-order valence-corrected chi connectivity index (χ3v) is 15.5. The van der Waals surface area contributed by atoms with E-state index in [1.165, 1.54) is 11.1 Å². The van der Waals surface area contributed by atoms with Crippen molar-refractivity contribution in [3.63, 3.8) is 0 Å². The van der Waals surface area contributed by atoms with Gasteiger partial charge < -0.3 is 19.1 Å². The maximum Gasteiger partial charge on any atom is 0.264 e. The van der Waals surface area contributed by atoms with E-state index in [0.29, 0.717) is 43.0 Å². The minimum atomic E-state index is -3.94. The molecule has 11 heteroatoms. The summed E-state index contributed by atoms with van der Waals surface area (Å²) >= 11 is 6.50. The van der Waals surface area contributed by atoms with Crippen LogP contribution in [0.2, 0.25) is 5.02 Å². The van der Waals surface area contributed by atoms with E-state index in [-0.39, 0.29) is 11.3 Å². The summed E-state index contributed by atoms with van der Waals surface area (Å²) < 4.78 is 48.9. The molecule has 8 rings (SSSR count). The molecule has 6 atom stereocenters. The number of hydrogen-bond donors (Lipinski definition) is 1. The second-order valence-electron chi connectivity index (χ2n) is 16.6. The largest absolute Gasteiger partial charge is 0.490 e. The second kappa shape index (κ2) is 14.5. The molecule has 2 saturated heterocycles. The number of anilines is 1. The average Bonchev–Trinajstić information content (AvgIpc) is 3.26. The highest BCUT2D eigenvalue weighted by Gasteiger charge is 2.51. The number of allylic oxidation sites excluding steroid dienone is 1. The van der Waals surface area contributed by atoms with Crippen molar-refractivity contribution in [3.8, 4) is 5.75 Å². The fraction of sp³-hybridized carbons (Fsp3) is 0.634. The minimum absolute atomic E-state index is 0.203. The quantitative estimate of drug-likeness (QED) is 0.354. The van der Waals surface area contributed by atoms with Crippen molar-refractivity contribution in [2.75, 3.05) is 64.1 Å². The maximum atomic E-state index is 13.6. The summed E-state index contributed by atoms with van der Waals surface area (Å²) in [6.45, 7) is 10.9. The summed E-state index contributed by atoms with van der Waals surface area (Å²) in [7, 11) is -3.94. The highest BCUT2D eigenvalue weighted by atomic mass is 35.5. The maximum absolute atomic E-state index is 13.6. The van der Waals surface area contributed by atoms with E-state index >= 15 is 0 Å². The molecule has 4 heterocycles. The number of morpholine rings is 1. The molecule has 6 aliphatic rings. The van der Waals surface area contributed by atoms with E-state index in [2.05, 4.69) is 38.8 Å². The first kappa shape index (κ1) is 36.4. The number of rotatable bonds is 2. The van der Waals surface area contributed by atoms with Gasteiger partial charge >= 0.3 is 0 Å². The number of amides is 1. The van der Waals surface area contributed by atoms with Gasteiger partial charge in [0.2, 0.25) is 10.0 Å². The summed E-state index contributed by atoms with van der Waals surface area (Å²) in [4.78, 5) is 18.7. The van der Waals surface area contributed by atoms with Gasteiger partial charge in [-0.1, -0.05) is 36.7 Å². The zero-order valence-corrected chi connectivity index (χ0v) is 32.2. The van der Waals surface area contributed by atoms with Crippen LogP contribution in [-0.4, -0.2) is 89.2 Å². The molecule has 1 amide bonds. The molecular formula is C41H54ClN3O6S. The topological polar surface area (TPSA) is 97.4 Å². The predicted molar refractivity (Wildman–Crippen MR) is 204 cm³/mol. The van der Waals surface area contributed by atoms with Crippen LogP contribution in [0.4, 0.5) is 5.69 Å². The average molecular weight is 752 g/mol. The third kappa shape index (κ3) is 7.03. The van der Waals surface area contributed by atoms with Gasteiger partial charge in [-0.25, -0.2) is 13.1 Å². The Bertz CT molecular complexity index is 1800. The van der Waals surface area contributed by atoms with Crippen molar-refractivity contribution in [2.45, 2.75) is 81.5 Å². The molecule has 3 fully saturated rings. The Labute approximate surface area is 314 Å². The molecule has 52 heavy (non-hydrogen) atoms. The normalized spacial score (nSPS) is 34.7. The van der Waals surface area contributed by atoms with Crippen LogP contribution in [0.25, 0.3) is 0 Å². The molecule has 9 nitrogen and oxygen atoms in total. The van der Waals surface area contributed by atoms with Crippen molar-refractivity contribution in [3.05, 3.63) is 70.3 Å². The fourth-order valence-electron chi connectivity index (χ4n) is 9.97. The van der Waals surface area contributed by atoms with Gasteiger partial charge in [0.05, 0.1) is 24.2 Å². The lowest BCUT2D eigenvalue weighted by Crippen LogP contribution is -2.61. The van der Waals surface area contributed by atoms with E-state index in [1.807, 2.05) is 25.1 Å². The Balaban J connectivity index is 1.18. The summed E-state index contributed by atoms with van der Waals surface area (Å²) in [5.41, 5.74) is 3.02. The first-order valence-corrected chi connectivity index (χ1v) is 21.5. The van der Waals surface area contributed by atoms with Gasteiger partial charge in [0.15, 0.2) is 0 Å². The van der Waals surface area contributed by atoms with Crippen molar-refractivity contribution >= 4 is 33.2 Å². The summed E-state index contributed by atoms with van der Waals surface area (Å²) in [6, 6.07) is 11.7. The SMILES string of the molecule is C[C@@H]1[C@@H](C)C/C=C\[C@]2(CN(CC3CCOCC3)CCO2)[C@@H]2CC[C@H]2CN2C[C@@]3(CCCc4cc(Cl)ccc43)COc3ccc(cc32)C(=O)NS1(=O)=O. The molecule has 0 radical (unpaired) electrons. The van der Waals surface area contributed by atoms with E-state index in [0.717, 1.165) is 107 Å². The Morgan fingerprint density at radius 1 is 1.02 bits per heavy atom. The lowest BCUT2D eigenvalue weighted by Gasteiger charge is -2.54. The molecular weight excluding hydrogens is 698 g/mol. The van der Waals surface area contributed by atoms with Crippen LogP contribution in [0, 0.1) is 23.7 Å². The second-order valence-corrected chi connectivity index (χ2v) is 19.1. The van der Waals surface area contributed by atoms with Crippen LogP contribution in [0.3, 0.4) is 0 Å². The van der Waals surface area contributed by atoms with Gasteiger partial charge in [-0.3, -0.25) is 9.69 Å². The number of ether oxygens (including phenoxy) is 3. The van der Waals surface area contributed by atoms with Gasteiger partial charge in [0.25, 0.3) is 5.91 Å². The summed E-state index contributed by atoms with van der Waals surface area (Å²) in [5.74, 6) is 1.21. The molecule has 0 aromatic heterocycles. The fourth-order valence-corrected chi connectivity index (χ4v) is 11.4. The first-order valence-electron chi connectivity index (χ1n) is 19.5. The molecule has 1 N–H and O–H groups in total. The highest BCUT2D eigenvalue weighted by molar-refractivity contribution is 7.90. The third-order valence-electron chi connectivity index (χ3n) is 13.3. The minimum Gasteiger partial charge on any atom is -0.490 e. The molecule has 2 aromatic rings. The predicted octanol–water partition coefficient (Wildman–Crippen LogP) is 6.38. The Morgan fingerprint density at radius 3 is 2.67 bits per heavy atom. The number of hydrogen-bond acceptors (Lipinski definition) is 8. The van der Waals surface area contributed by atoms with Crippen molar-refractivity contribution in [1.29, 1.82) is 0 Å². The Morgan fingerprint density at radius 2 is 1.87 bits per heavy atom. The highest BCUT2D eigenvalue weighted by Crippen LogP contribution is 2.50. The van der Waals surface area contributed by atoms with Gasteiger partial charge in [-0.15, -0.1) is 0 Å². The molecule has 4 aliphatic heterocycles. The lowest BCUT2D eigenvalue weighted by molar-refractivity contribution is -0.147. The van der Waals surface area contributed by atoms with Crippen LogP contribution < -0.4 is 14.4 Å². The number of carbonyl (C=O) groups is 1. The number of aryl methyl sites for hydroxylation is 1. The molecule has 0 unspecified atom stereocenters. The molecule has 2 aromatic carbocycles. The molecule has 2 aliphatic carbocycles. The standard InChI is InChI=1S/C41H54ClN3O6S/c1-28-5-3-16-41(26-44(17-20-51-41)23-30-13-18-49-19-14-30)36-10-7-33(36)24-45-25-40(15-4-6-31-21-34(42)9-11-35(31)40)27-50-38-12-8-32(22-37(38)45)39(46)43-52(47,48)29(28)2/h3,8-9,11-12,16,21-22,28-30,33,36H,4-7,10,13-15,17-20,23-27H2,1-2H3,(H,43,46)/b16-3-/t28-,29+,33-,36+,40-,41-/m0/s1. The van der Waals surface area contributed by atoms with E-state index < -0.39 is 26.8 Å². The van der Waals surface area contributed by atoms with Crippen molar-refractivity contribution < 1.29 is 27.4 Å².